The van der Waals surface area contributed by atoms with Gasteiger partial charge in [-0.2, -0.15) is 0 Å². The molecule has 0 unspecified atom stereocenters. The molecule has 0 aliphatic carbocycles. The quantitative estimate of drug-likeness (QED) is 0.206. The van der Waals surface area contributed by atoms with E-state index in [9.17, 15) is 4.57 Å². The van der Waals surface area contributed by atoms with Gasteiger partial charge in [-0.1, -0.05) is 17.3 Å². The van der Waals surface area contributed by atoms with Gasteiger partial charge in [-0.05, 0) is 19.4 Å². The zero-order chi connectivity index (χ0) is 12.3. The summed E-state index contributed by atoms with van der Waals surface area (Å²) in [5, 5.41) is 3.29. The Morgan fingerprint density at radius 2 is 1.88 bits per heavy atom. The lowest BCUT2D eigenvalue weighted by Gasteiger charge is -2.14. The molecule has 0 saturated heterocycles. The summed E-state index contributed by atoms with van der Waals surface area (Å²) < 4.78 is 26.5. The Bertz CT molecular complexity index is 292. The zero-order valence-electron chi connectivity index (χ0n) is 9.40. The molecule has 0 heterocycles. The highest BCUT2D eigenvalue weighted by Crippen LogP contribution is 2.48. The second-order valence-electron chi connectivity index (χ2n) is 2.46. The van der Waals surface area contributed by atoms with Gasteiger partial charge in [-0.3, -0.25) is 13.6 Å². The largest absolute Gasteiger partial charge is 0.475 e. The van der Waals surface area contributed by atoms with Crippen LogP contribution in [0.1, 0.15) is 13.8 Å². The van der Waals surface area contributed by atoms with Gasteiger partial charge in [0.15, 0.2) is 0 Å². The fraction of sp³-hybridized carbons (Fsp3) is 0.750. The molecule has 0 spiro atoms. The van der Waals surface area contributed by atoms with Crippen LogP contribution in [0.3, 0.4) is 0 Å². The first-order valence-electron chi connectivity index (χ1n) is 4.88. The first kappa shape index (κ1) is 15.2. The van der Waals surface area contributed by atoms with Crippen molar-refractivity contribution in [1.82, 2.24) is 0 Å². The summed E-state index contributed by atoms with van der Waals surface area (Å²) in [5.74, 6) is 0. The molecule has 0 aromatic carbocycles. The number of phosphoric ester groups is 1. The third kappa shape index (κ3) is 7.45. The van der Waals surface area contributed by atoms with Crippen molar-refractivity contribution in [3.63, 3.8) is 0 Å². The van der Waals surface area contributed by atoms with Crippen molar-refractivity contribution >= 4 is 7.82 Å². The second kappa shape index (κ2) is 9.39. The number of hydrogen-bond acceptors (Lipinski definition) is 5. The summed E-state index contributed by atoms with van der Waals surface area (Å²) in [7, 11) is -3.43. The van der Waals surface area contributed by atoms with E-state index in [4.69, 9.17) is 19.1 Å². The normalized spacial score (nSPS) is 11.6. The van der Waals surface area contributed by atoms with Crippen LogP contribution in [0, 0.1) is 0 Å². The highest BCUT2D eigenvalue weighted by Gasteiger charge is 2.24. The summed E-state index contributed by atoms with van der Waals surface area (Å²) >= 11 is 0. The summed E-state index contributed by atoms with van der Waals surface area (Å²) in [6.07, 6.45) is 3.18. The molecule has 0 saturated carbocycles. The van der Waals surface area contributed by atoms with Crippen LogP contribution in [0.15, 0.2) is 17.3 Å². The molecule has 0 aliphatic rings. The maximum Gasteiger partial charge on any atom is 0.475 e. The molecule has 0 fully saturated rings. The van der Waals surface area contributed by atoms with Gasteiger partial charge in [0.25, 0.3) is 0 Å². The van der Waals surface area contributed by atoms with Crippen LogP contribution < -0.4 is 0 Å². The highest BCUT2D eigenvalue weighted by atomic mass is 31.2. The molecule has 0 aromatic heterocycles. The van der Waals surface area contributed by atoms with Crippen molar-refractivity contribution in [2.45, 2.75) is 13.8 Å². The SMILES string of the molecule is CCOP(=O)(OCC)OC/C=C/CN=[N+]=[N-]. The maximum absolute atomic E-state index is 11.7. The van der Waals surface area contributed by atoms with Crippen molar-refractivity contribution in [3.8, 4) is 0 Å². The Hall–Kier alpha value is -0.840. The molecule has 0 amide bonds. The zero-order valence-corrected chi connectivity index (χ0v) is 10.3. The monoisotopic (exact) mass is 249 g/mol. The van der Waals surface area contributed by atoms with Crippen molar-refractivity contribution < 1.29 is 18.1 Å². The lowest BCUT2D eigenvalue weighted by atomic mass is 10.5. The van der Waals surface area contributed by atoms with Crippen molar-refractivity contribution in [3.05, 3.63) is 22.6 Å². The lowest BCUT2D eigenvalue weighted by Crippen LogP contribution is -2.00. The number of azide groups is 1. The van der Waals surface area contributed by atoms with Gasteiger partial charge in [0.2, 0.25) is 0 Å². The lowest BCUT2D eigenvalue weighted by molar-refractivity contribution is 0.131. The molecule has 8 heteroatoms. The average molecular weight is 249 g/mol. The molecule has 0 N–H and O–H groups in total. The van der Waals surface area contributed by atoms with Gasteiger partial charge in [-0.25, -0.2) is 4.57 Å². The Labute approximate surface area is 94.6 Å². The summed E-state index contributed by atoms with van der Waals surface area (Å²) in [6, 6.07) is 0. The minimum absolute atomic E-state index is 0.0816. The molecule has 7 nitrogen and oxygen atoms in total. The minimum atomic E-state index is -3.43. The minimum Gasteiger partial charge on any atom is -0.287 e. The van der Waals surface area contributed by atoms with Crippen LogP contribution in [0.25, 0.3) is 10.4 Å². The van der Waals surface area contributed by atoms with Crippen LogP contribution in [0.2, 0.25) is 0 Å². The van der Waals surface area contributed by atoms with E-state index in [1.54, 1.807) is 26.0 Å². The third-order valence-corrected chi connectivity index (χ3v) is 2.93. The molecule has 92 valence electrons. The van der Waals surface area contributed by atoms with Crippen molar-refractivity contribution in [2.75, 3.05) is 26.4 Å². The van der Waals surface area contributed by atoms with E-state index in [1.165, 1.54) is 0 Å². The van der Waals surface area contributed by atoms with Gasteiger partial charge in [-0.15, -0.1) is 0 Å². The van der Waals surface area contributed by atoms with Crippen LogP contribution in [-0.4, -0.2) is 26.4 Å². The standard InChI is InChI=1S/C8H16N3O4P/c1-3-13-16(12,14-4-2)15-8-6-5-7-10-11-9/h5-6H,3-4,7-8H2,1-2H3/b6-5+. The smallest absolute Gasteiger partial charge is 0.287 e. The van der Waals surface area contributed by atoms with Gasteiger partial charge in [0.1, 0.15) is 0 Å². The molecular weight excluding hydrogens is 233 g/mol. The summed E-state index contributed by atoms with van der Waals surface area (Å²) in [5.41, 5.74) is 8.00. The van der Waals surface area contributed by atoms with Crippen LogP contribution in [0.5, 0.6) is 0 Å². The second-order valence-corrected chi connectivity index (χ2v) is 4.13. The predicted molar refractivity (Wildman–Crippen MR) is 60.0 cm³/mol. The Morgan fingerprint density at radius 1 is 1.25 bits per heavy atom. The van der Waals surface area contributed by atoms with E-state index in [1.807, 2.05) is 0 Å². The van der Waals surface area contributed by atoms with Gasteiger partial charge in [0, 0.05) is 11.5 Å². The third-order valence-electron chi connectivity index (χ3n) is 1.32. The van der Waals surface area contributed by atoms with E-state index in [-0.39, 0.29) is 26.4 Å². The van der Waals surface area contributed by atoms with Gasteiger partial charge < -0.3 is 0 Å². The van der Waals surface area contributed by atoms with E-state index in [2.05, 4.69) is 10.0 Å². The van der Waals surface area contributed by atoms with Crippen LogP contribution >= 0.6 is 7.82 Å². The molecule has 0 atom stereocenters. The van der Waals surface area contributed by atoms with Gasteiger partial charge in [0.05, 0.1) is 19.8 Å². The molecular formula is C8H16N3O4P. The Balaban J connectivity index is 3.97. The predicted octanol–water partition coefficient (Wildman–Crippen LogP) is 3.05. The molecule has 16 heavy (non-hydrogen) atoms. The van der Waals surface area contributed by atoms with E-state index in [0.717, 1.165) is 0 Å². The Morgan fingerprint density at radius 3 is 2.38 bits per heavy atom. The van der Waals surface area contributed by atoms with Crippen molar-refractivity contribution in [2.24, 2.45) is 5.11 Å². The van der Waals surface area contributed by atoms with Gasteiger partial charge >= 0.3 is 7.82 Å². The summed E-state index contributed by atoms with van der Waals surface area (Å²) in [4.78, 5) is 2.57. The first-order chi connectivity index (χ1) is 7.68. The molecule has 0 aliphatic heterocycles. The first-order valence-corrected chi connectivity index (χ1v) is 6.34. The molecule has 0 aromatic rings. The highest BCUT2D eigenvalue weighted by molar-refractivity contribution is 7.48. The number of hydrogen-bond donors (Lipinski definition) is 0. The summed E-state index contributed by atoms with van der Waals surface area (Å²) in [6.45, 7) is 4.21. The number of nitrogens with zero attached hydrogens (tertiary/aromatic N) is 3. The van der Waals surface area contributed by atoms with Crippen LogP contribution in [-0.2, 0) is 18.1 Å². The van der Waals surface area contributed by atoms with E-state index in [0.29, 0.717) is 0 Å². The van der Waals surface area contributed by atoms with E-state index < -0.39 is 7.82 Å². The molecule has 0 radical (unpaired) electrons. The van der Waals surface area contributed by atoms with Crippen LogP contribution in [0.4, 0.5) is 0 Å². The molecule has 0 rings (SSSR count). The Kier molecular flexibility index (Phi) is 8.90. The number of rotatable bonds is 9. The average Bonchev–Trinajstić information content (AvgIpc) is 2.24. The topological polar surface area (TPSA) is 93.5 Å². The van der Waals surface area contributed by atoms with Crippen molar-refractivity contribution in [1.29, 1.82) is 0 Å². The fourth-order valence-corrected chi connectivity index (χ4v) is 1.91. The number of phosphoric acid groups is 1. The fourth-order valence-electron chi connectivity index (χ4n) is 0.789. The van der Waals surface area contributed by atoms with E-state index >= 15 is 0 Å². The maximum atomic E-state index is 11.7. The molecule has 0 bridgehead atoms.